The fraction of sp³-hybridized carbons (Fsp3) is 0.364. The van der Waals surface area contributed by atoms with Gasteiger partial charge < -0.3 is 15.6 Å². The van der Waals surface area contributed by atoms with Gasteiger partial charge in [0.05, 0.1) is 11.1 Å². The lowest BCUT2D eigenvalue weighted by atomic mass is 10.1. The van der Waals surface area contributed by atoms with Gasteiger partial charge in [0.25, 0.3) is 0 Å². The van der Waals surface area contributed by atoms with E-state index in [-0.39, 0.29) is 18.8 Å². The SMILES string of the molecule is CCOC(=O)C(N)Cc1cc(Br)c(Br)c(Br)c1O. The number of rotatable bonds is 4. The lowest BCUT2D eigenvalue weighted by molar-refractivity contribution is -0.144. The number of hydrogen-bond donors (Lipinski definition) is 2. The highest BCUT2D eigenvalue weighted by Crippen LogP contribution is 2.40. The van der Waals surface area contributed by atoms with Crippen molar-refractivity contribution >= 4 is 53.8 Å². The van der Waals surface area contributed by atoms with Gasteiger partial charge in [-0.3, -0.25) is 4.79 Å². The van der Waals surface area contributed by atoms with Gasteiger partial charge in [-0.05, 0) is 66.3 Å². The summed E-state index contributed by atoms with van der Waals surface area (Å²) in [6.45, 7) is 2.00. The van der Waals surface area contributed by atoms with E-state index in [1.165, 1.54) is 0 Å². The first kappa shape index (κ1) is 15.9. The molecule has 1 unspecified atom stereocenters. The van der Waals surface area contributed by atoms with Gasteiger partial charge in [0.1, 0.15) is 11.8 Å². The number of halogens is 3. The maximum atomic E-state index is 11.4. The third-order valence-corrected chi connectivity index (χ3v) is 5.53. The van der Waals surface area contributed by atoms with E-state index in [0.717, 1.165) is 4.47 Å². The van der Waals surface area contributed by atoms with Crippen LogP contribution in [-0.4, -0.2) is 23.7 Å². The molecule has 0 bridgehead atoms. The molecule has 0 spiro atoms. The van der Waals surface area contributed by atoms with Crippen LogP contribution in [0.1, 0.15) is 12.5 Å². The smallest absolute Gasteiger partial charge is 0.323 e. The molecule has 1 rings (SSSR count). The molecule has 0 heterocycles. The molecule has 1 aromatic rings. The average molecular weight is 446 g/mol. The molecule has 0 fully saturated rings. The normalized spacial score (nSPS) is 12.3. The Morgan fingerprint density at radius 3 is 2.61 bits per heavy atom. The monoisotopic (exact) mass is 443 g/mol. The predicted octanol–water partition coefficient (Wildman–Crippen LogP) is 3.11. The number of phenols is 1. The molecule has 0 aliphatic carbocycles. The van der Waals surface area contributed by atoms with Gasteiger partial charge in [0, 0.05) is 15.4 Å². The molecule has 0 aromatic heterocycles. The Balaban J connectivity index is 2.95. The minimum absolute atomic E-state index is 0.0600. The fourth-order valence-electron chi connectivity index (χ4n) is 1.36. The summed E-state index contributed by atoms with van der Waals surface area (Å²) >= 11 is 9.91. The van der Waals surface area contributed by atoms with Crippen molar-refractivity contribution < 1.29 is 14.6 Å². The molecule has 18 heavy (non-hydrogen) atoms. The number of benzene rings is 1. The summed E-state index contributed by atoms with van der Waals surface area (Å²) in [5.74, 6) is -0.420. The van der Waals surface area contributed by atoms with Crippen LogP contribution in [0.2, 0.25) is 0 Å². The molecular weight excluding hydrogens is 434 g/mol. The number of hydrogen-bond acceptors (Lipinski definition) is 4. The van der Waals surface area contributed by atoms with Gasteiger partial charge in [0.2, 0.25) is 0 Å². The molecule has 0 radical (unpaired) electrons. The van der Waals surface area contributed by atoms with Crippen LogP contribution in [0.4, 0.5) is 0 Å². The minimum atomic E-state index is -0.796. The predicted molar refractivity (Wildman–Crippen MR) is 79.5 cm³/mol. The van der Waals surface area contributed by atoms with Gasteiger partial charge >= 0.3 is 5.97 Å². The van der Waals surface area contributed by atoms with Crippen LogP contribution >= 0.6 is 47.8 Å². The van der Waals surface area contributed by atoms with Crippen LogP contribution in [0.15, 0.2) is 19.5 Å². The highest BCUT2D eigenvalue weighted by molar-refractivity contribution is 9.14. The van der Waals surface area contributed by atoms with E-state index < -0.39 is 12.0 Å². The number of esters is 1. The fourth-order valence-corrected chi connectivity index (χ4v) is 2.87. The van der Waals surface area contributed by atoms with Crippen LogP contribution in [0.25, 0.3) is 0 Å². The van der Waals surface area contributed by atoms with Crippen LogP contribution in [0.3, 0.4) is 0 Å². The number of ether oxygens (including phenoxy) is 1. The van der Waals surface area contributed by atoms with Crippen molar-refractivity contribution in [2.45, 2.75) is 19.4 Å². The molecule has 0 amide bonds. The van der Waals surface area contributed by atoms with Crippen LogP contribution in [-0.2, 0) is 16.0 Å². The Morgan fingerprint density at radius 2 is 2.06 bits per heavy atom. The summed E-state index contributed by atoms with van der Waals surface area (Å²) in [4.78, 5) is 11.4. The first-order chi connectivity index (χ1) is 8.38. The summed E-state index contributed by atoms with van der Waals surface area (Å²) < 4.78 is 6.80. The summed E-state index contributed by atoms with van der Waals surface area (Å²) in [6, 6.07) is 0.916. The second-order valence-electron chi connectivity index (χ2n) is 3.56. The van der Waals surface area contributed by atoms with Gasteiger partial charge in [-0.2, -0.15) is 0 Å². The first-order valence-electron chi connectivity index (χ1n) is 5.16. The van der Waals surface area contributed by atoms with Gasteiger partial charge in [-0.15, -0.1) is 0 Å². The van der Waals surface area contributed by atoms with E-state index in [0.29, 0.717) is 14.5 Å². The number of carbonyl (C=O) groups is 1. The van der Waals surface area contributed by atoms with Crippen molar-refractivity contribution in [3.63, 3.8) is 0 Å². The first-order valence-corrected chi connectivity index (χ1v) is 7.53. The molecule has 7 heteroatoms. The Morgan fingerprint density at radius 1 is 1.44 bits per heavy atom. The largest absolute Gasteiger partial charge is 0.506 e. The maximum absolute atomic E-state index is 11.4. The number of carbonyl (C=O) groups excluding carboxylic acids is 1. The molecule has 1 atom stereocenters. The van der Waals surface area contributed by atoms with Gasteiger partial charge in [-0.25, -0.2) is 0 Å². The van der Waals surface area contributed by atoms with Crippen LogP contribution < -0.4 is 5.73 Å². The Bertz CT molecular complexity index is 465. The summed E-state index contributed by atoms with van der Waals surface area (Å²) in [5.41, 5.74) is 6.28. The molecule has 3 N–H and O–H groups in total. The maximum Gasteiger partial charge on any atom is 0.323 e. The highest BCUT2D eigenvalue weighted by Gasteiger charge is 2.20. The van der Waals surface area contributed by atoms with Crippen LogP contribution in [0.5, 0.6) is 5.75 Å². The molecule has 0 saturated heterocycles. The van der Waals surface area contributed by atoms with E-state index >= 15 is 0 Å². The van der Waals surface area contributed by atoms with E-state index in [1.54, 1.807) is 13.0 Å². The van der Waals surface area contributed by atoms with Gasteiger partial charge in [-0.1, -0.05) is 0 Å². The quantitative estimate of drug-likeness (QED) is 0.551. The Hall–Kier alpha value is -0.110. The average Bonchev–Trinajstić information content (AvgIpc) is 2.33. The standard InChI is InChI=1S/C11H12Br3NO3/c1-2-18-11(17)7(15)4-5-3-6(12)8(13)9(14)10(5)16/h3,7,16H,2,4,15H2,1H3. The molecule has 0 saturated carbocycles. The summed E-state index contributed by atoms with van der Waals surface area (Å²) in [6.07, 6.45) is 0.204. The van der Waals surface area contributed by atoms with Crippen molar-refractivity contribution in [2.24, 2.45) is 5.73 Å². The van der Waals surface area contributed by atoms with Crippen molar-refractivity contribution in [1.29, 1.82) is 0 Å². The second-order valence-corrected chi connectivity index (χ2v) is 6.00. The van der Waals surface area contributed by atoms with Crippen molar-refractivity contribution in [1.82, 2.24) is 0 Å². The third-order valence-electron chi connectivity index (χ3n) is 2.24. The molecule has 0 aliphatic heterocycles. The van der Waals surface area contributed by atoms with Crippen molar-refractivity contribution in [3.8, 4) is 5.75 Å². The summed E-state index contributed by atoms with van der Waals surface area (Å²) in [5, 5.41) is 9.96. The Kier molecular flexibility index (Phi) is 6.10. The highest BCUT2D eigenvalue weighted by atomic mass is 79.9. The van der Waals surface area contributed by atoms with E-state index in [9.17, 15) is 9.90 Å². The summed E-state index contributed by atoms with van der Waals surface area (Å²) in [7, 11) is 0. The van der Waals surface area contributed by atoms with E-state index in [4.69, 9.17) is 10.5 Å². The van der Waals surface area contributed by atoms with Crippen molar-refractivity contribution in [2.75, 3.05) is 6.61 Å². The molecule has 0 aliphatic rings. The molecule has 4 nitrogen and oxygen atoms in total. The van der Waals surface area contributed by atoms with Crippen LogP contribution in [0, 0.1) is 0 Å². The topological polar surface area (TPSA) is 72.5 Å². The molecule has 1 aromatic carbocycles. The second kappa shape index (κ2) is 6.88. The van der Waals surface area contributed by atoms with Gasteiger partial charge in [0.15, 0.2) is 0 Å². The molecule has 100 valence electrons. The zero-order valence-corrected chi connectivity index (χ0v) is 14.3. The van der Waals surface area contributed by atoms with Crippen molar-refractivity contribution in [3.05, 3.63) is 25.0 Å². The zero-order valence-electron chi connectivity index (χ0n) is 9.54. The minimum Gasteiger partial charge on any atom is -0.506 e. The lowest BCUT2D eigenvalue weighted by Crippen LogP contribution is -2.34. The number of nitrogens with two attached hydrogens (primary N) is 1. The van der Waals surface area contributed by atoms with E-state index in [2.05, 4.69) is 47.8 Å². The third kappa shape index (κ3) is 3.69. The zero-order chi connectivity index (χ0) is 13.9. The number of phenolic OH excluding ortho intramolecular Hbond substituents is 1. The molecular formula is C11H12Br3NO3. The Labute approximate surface area is 130 Å². The lowest BCUT2D eigenvalue weighted by Gasteiger charge is -2.14. The number of aromatic hydroxyl groups is 1. The van der Waals surface area contributed by atoms with E-state index in [1.807, 2.05) is 0 Å².